The van der Waals surface area contributed by atoms with Gasteiger partial charge in [-0.2, -0.15) is 0 Å². The molecule has 1 aromatic heterocycles. The molecule has 0 bridgehead atoms. The van der Waals surface area contributed by atoms with Gasteiger partial charge in [0.2, 0.25) is 0 Å². The first kappa shape index (κ1) is 22.4. The van der Waals surface area contributed by atoms with Crippen molar-refractivity contribution in [1.82, 2.24) is 25.2 Å². The van der Waals surface area contributed by atoms with Crippen LogP contribution < -0.4 is 5.32 Å². The number of likely N-dealkylation sites (tertiary alicyclic amines) is 1. The van der Waals surface area contributed by atoms with Crippen LogP contribution in [0, 0.1) is 0 Å². The second-order valence-corrected chi connectivity index (χ2v) is 7.01. The second kappa shape index (κ2) is 11.8. The van der Waals surface area contributed by atoms with Gasteiger partial charge in [0.15, 0.2) is 5.96 Å². The lowest BCUT2D eigenvalue weighted by molar-refractivity contribution is 0.140. The summed E-state index contributed by atoms with van der Waals surface area (Å²) in [5, 5.41) is 7.60. The summed E-state index contributed by atoms with van der Waals surface area (Å²) >= 11 is 0. The largest absolute Gasteiger partial charge is 0.383 e. The van der Waals surface area contributed by atoms with Crippen molar-refractivity contribution in [3.8, 4) is 0 Å². The van der Waals surface area contributed by atoms with Crippen LogP contribution in [0.4, 0.5) is 0 Å². The predicted octanol–water partition coefficient (Wildman–Crippen LogP) is 1.10. The molecule has 0 saturated carbocycles. The zero-order valence-electron chi connectivity index (χ0n) is 16.5. The number of piperazine rings is 1. The van der Waals surface area contributed by atoms with E-state index < -0.39 is 0 Å². The molecular weight excluding hydrogens is 459 g/mol. The Kier molecular flexibility index (Phi) is 9.80. The molecular formula is C18H33IN6O2. The molecule has 0 aliphatic carbocycles. The number of aromatic nitrogens is 1. The first-order valence-electron chi connectivity index (χ1n) is 9.60. The van der Waals surface area contributed by atoms with E-state index in [0.717, 1.165) is 64.1 Å². The van der Waals surface area contributed by atoms with Gasteiger partial charge < -0.3 is 19.5 Å². The van der Waals surface area contributed by atoms with Gasteiger partial charge in [0.25, 0.3) is 0 Å². The van der Waals surface area contributed by atoms with Crippen LogP contribution in [0.15, 0.2) is 21.8 Å². The molecule has 9 heteroatoms. The Labute approximate surface area is 179 Å². The van der Waals surface area contributed by atoms with Crippen LogP contribution in [-0.4, -0.2) is 98.4 Å². The number of methoxy groups -OCH3 is 1. The molecule has 2 aliphatic rings. The zero-order valence-corrected chi connectivity index (χ0v) is 18.8. The van der Waals surface area contributed by atoms with Gasteiger partial charge in [-0.1, -0.05) is 5.16 Å². The van der Waals surface area contributed by atoms with E-state index >= 15 is 0 Å². The number of nitrogens with zero attached hydrogens (tertiary/aromatic N) is 5. The molecule has 1 N–H and O–H groups in total. The molecule has 2 saturated heterocycles. The van der Waals surface area contributed by atoms with E-state index in [4.69, 9.17) is 9.26 Å². The first-order chi connectivity index (χ1) is 12.8. The average molecular weight is 492 g/mol. The lowest BCUT2D eigenvalue weighted by Crippen LogP contribution is -2.53. The van der Waals surface area contributed by atoms with Crippen LogP contribution in [0.25, 0.3) is 0 Å². The third-order valence-electron chi connectivity index (χ3n) is 5.34. The van der Waals surface area contributed by atoms with Crippen molar-refractivity contribution in [3.63, 3.8) is 0 Å². The molecule has 1 unspecified atom stereocenters. The van der Waals surface area contributed by atoms with E-state index in [9.17, 15) is 0 Å². The number of aliphatic imine (C=N–C) groups is 1. The molecule has 27 heavy (non-hydrogen) atoms. The predicted molar refractivity (Wildman–Crippen MR) is 117 cm³/mol. The van der Waals surface area contributed by atoms with E-state index in [-0.39, 0.29) is 24.0 Å². The Bertz CT molecular complexity index is 548. The Morgan fingerprint density at radius 2 is 2.15 bits per heavy atom. The summed E-state index contributed by atoms with van der Waals surface area (Å²) in [5.74, 6) is 1.02. The highest BCUT2D eigenvalue weighted by Gasteiger charge is 2.25. The second-order valence-electron chi connectivity index (χ2n) is 7.01. The molecule has 3 rings (SSSR count). The lowest BCUT2D eigenvalue weighted by Gasteiger charge is -2.36. The summed E-state index contributed by atoms with van der Waals surface area (Å²) in [4.78, 5) is 11.8. The number of hydrogen-bond acceptors (Lipinski definition) is 6. The molecule has 8 nitrogen and oxygen atoms in total. The van der Waals surface area contributed by atoms with Gasteiger partial charge in [0.05, 0.1) is 12.3 Å². The fourth-order valence-corrected chi connectivity index (χ4v) is 3.84. The Morgan fingerprint density at radius 3 is 2.81 bits per heavy atom. The summed E-state index contributed by atoms with van der Waals surface area (Å²) in [6, 6.07) is 2.51. The van der Waals surface area contributed by atoms with Crippen LogP contribution in [0.1, 0.15) is 18.5 Å². The summed E-state index contributed by atoms with van der Waals surface area (Å²) < 4.78 is 10.2. The molecule has 154 valence electrons. The number of ether oxygens (including phenoxy) is 1. The quantitative estimate of drug-likeness (QED) is 0.347. The molecule has 0 spiro atoms. The monoisotopic (exact) mass is 492 g/mol. The van der Waals surface area contributed by atoms with Crippen molar-refractivity contribution < 1.29 is 9.26 Å². The molecule has 2 fully saturated rings. The summed E-state index contributed by atoms with van der Waals surface area (Å²) in [6.07, 6.45) is 4.16. The van der Waals surface area contributed by atoms with Gasteiger partial charge in [-0.15, -0.1) is 24.0 Å². The maximum absolute atomic E-state index is 5.23. The van der Waals surface area contributed by atoms with Crippen LogP contribution in [0.2, 0.25) is 0 Å². The van der Waals surface area contributed by atoms with E-state index in [0.29, 0.717) is 6.04 Å². The van der Waals surface area contributed by atoms with Gasteiger partial charge in [-0.25, -0.2) is 0 Å². The number of rotatable bonds is 7. The zero-order chi connectivity index (χ0) is 18.2. The third kappa shape index (κ3) is 6.58. The molecule has 1 atom stereocenters. The molecule has 3 heterocycles. The first-order valence-corrected chi connectivity index (χ1v) is 9.60. The van der Waals surface area contributed by atoms with E-state index in [1.165, 1.54) is 19.4 Å². The molecule has 0 radical (unpaired) electrons. The number of halogens is 1. The Morgan fingerprint density at radius 1 is 1.33 bits per heavy atom. The smallest absolute Gasteiger partial charge is 0.193 e. The van der Waals surface area contributed by atoms with Crippen molar-refractivity contribution in [2.75, 3.05) is 66.6 Å². The SMILES string of the molecule is CN=C(NCC1CCCN1CCOC)N1CCN(Cc2ccon2)CC1.I. The van der Waals surface area contributed by atoms with Crippen LogP contribution in [0.3, 0.4) is 0 Å². The van der Waals surface area contributed by atoms with Crippen LogP contribution in [0.5, 0.6) is 0 Å². The molecule has 0 aromatic carbocycles. The van der Waals surface area contributed by atoms with Gasteiger partial charge in [0.1, 0.15) is 6.26 Å². The van der Waals surface area contributed by atoms with Crippen molar-refractivity contribution in [1.29, 1.82) is 0 Å². The highest BCUT2D eigenvalue weighted by Crippen LogP contribution is 2.16. The molecule has 1 aromatic rings. The minimum absolute atomic E-state index is 0. The van der Waals surface area contributed by atoms with Gasteiger partial charge in [-0.05, 0) is 19.4 Å². The average Bonchev–Trinajstić information content (AvgIpc) is 3.33. The summed E-state index contributed by atoms with van der Waals surface area (Å²) in [5.41, 5.74) is 0.998. The minimum Gasteiger partial charge on any atom is -0.383 e. The minimum atomic E-state index is 0. The lowest BCUT2D eigenvalue weighted by atomic mass is 10.2. The van der Waals surface area contributed by atoms with Crippen molar-refractivity contribution in [3.05, 3.63) is 18.0 Å². The summed E-state index contributed by atoms with van der Waals surface area (Å²) in [7, 11) is 3.65. The van der Waals surface area contributed by atoms with E-state index in [1.807, 2.05) is 13.1 Å². The Hall–Kier alpha value is -0.910. The highest BCUT2D eigenvalue weighted by molar-refractivity contribution is 14.0. The number of guanidine groups is 1. The van der Waals surface area contributed by atoms with Gasteiger partial charge in [0, 0.05) is 72.1 Å². The summed E-state index contributed by atoms with van der Waals surface area (Å²) in [6.45, 7) is 8.79. The molecule has 2 aliphatic heterocycles. The van der Waals surface area contributed by atoms with Crippen LogP contribution in [-0.2, 0) is 11.3 Å². The topological polar surface area (TPSA) is 69.4 Å². The standard InChI is InChI=1S/C18H32N6O2.HI/c1-19-18(20-14-17-4-3-6-23(17)11-13-25-2)24-9-7-22(8-10-24)15-16-5-12-26-21-16;/h5,12,17H,3-4,6-11,13-15H2,1-2H3,(H,19,20);1H. The normalized spacial score (nSPS) is 22.1. The van der Waals surface area contributed by atoms with Gasteiger partial charge >= 0.3 is 0 Å². The maximum atomic E-state index is 5.23. The number of nitrogens with one attached hydrogen (secondary N) is 1. The number of hydrogen-bond donors (Lipinski definition) is 1. The van der Waals surface area contributed by atoms with Gasteiger partial charge in [-0.3, -0.25) is 14.8 Å². The maximum Gasteiger partial charge on any atom is 0.193 e. The van der Waals surface area contributed by atoms with Crippen molar-refractivity contribution in [2.45, 2.75) is 25.4 Å². The van der Waals surface area contributed by atoms with E-state index in [2.05, 4.69) is 30.2 Å². The molecule has 0 amide bonds. The fraction of sp³-hybridized carbons (Fsp3) is 0.778. The van der Waals surface area contributed by atoms with Crippen molar-refractivity contribution >= 4 is 29.9 Å². The fourth-order valence-electron chi connectivity index (χ4n) is 3.84. The van der Waals surface area contributed by atoms with E-state index in [1.54, 1.807) is 13.4 Å². The van der Waals surface area contributed by atoms with Crippen molar-refractivity contribution in [2.24, 2.45) is 4.99 Å². The van der Waals surface area contributed by atoms with Crippen LogP contribution >= 0.6 is 24.0 Å². The highest BCUT2D eigenvalue weighted by atomic mass is 127. The third-order valence-corrected chi connectivity index (χ3v) is 5.34. The Balaban J connectivity index is 0.00000261.